The predicted molar refractivity (Wildman–Crippen MR) is 77.7 cm³/mol. The highest BCUT2D eigenvalue weighted by atomic mass is 19.1. The van der Waals surface area contributed by atoms with Gasteiger partial charge in [-0.05, 0) is 32.2 Å². The zero-order chi connectivity index (χ0) is 13.8. The number of likely N-dealkylation sites (N-methyl/N-ethyl adjacent to an activating group) is 1. The zero-order valence-electron chi connectivity index (χ0n) is 11.5. The Morgan fingerprint density at radius 1 is 1.32 bits per heavy atom. The first-order valence-electron chi connectivity index (χ1n) is 6.48. The number of hydrogen-bond acceptors (Lipinski definition) is 4. The van der Waals surface area contributed by atoms with Gasteiger partial charge in [0.2, 0.25) is 0 Å². The molecule has 104 valence electrons. The topological polar surface area (TPSA) is 44.5 Å². The Balaban J connectivity index is 2.08. The highest BCUT2D eigenvalue weighted by Crippen LogP contribution is 2.23. The first kappa shape index (κ1) is 13.7. The van der Waals surface area contributed by atoms with Crippen LogP contribution in [0.2, 0.25) is 0 Å². The van der Waals surface area contributed by atoms with Gasteiger partial charge in [-0.3, -0.25) is 0 Å². The number of piperazine rings is 1. The van der Waals surface area contributed by atoms with Crippen LogP contribution in [0.4, 0.5) is 15.8 Å². The van der Waals surface area contributed by atoms with E-state index in [-0.39, 0.29) is 5.82 Å². The number of rotatable bonds is 3. The summed E-state index contributed by atoms with van der Waals surface area (Å²) in [5.74, 6) is -0.256. The maximum atomic E-state index is 14.0. The third-order valence-corrected chi connectivity index (χ3v) is 3.28. The van der Waals surface area contributed by atoms with Crippen molar-refractivity contribution in [1.82, 2.24) is 4.90 Å². The van der Waals surface area contributed by atoms with Gasteiger partial charge in [0.1, 0.15) is 5.82 Å². The summed E-state index contributed by atoms with van der Waals surface area (Å²) in [5, 5.41) is 2.86. The van der Waals surface area contributed by atoms with Gasteiger partial charge in [0, 0.05) is 43.8 Å². The van der Waals surface area contributed by atoms with Gasteiger partial charge >= 0.3 is 0 Å². The SMILES string of the molecule is C/C(N)=C/Nc1ccc(N2CCN(C)CC2)cc1F. The molecule has 5 heteroatoms. The molecule has 1 aliphatic heterocycles. The molecule has 0 amide bonds. The van der Waals surface area contributed by atoms with Crippen molar-refractivity contribution in [2.45, 2.75) is 6.92 Å². The first-order valence-corrected chi connectivity index (χ1v) is 6.48. The monoisotopic (exact) mass is 264 g/mol. The highest BCUT2D eigenvalue weighted by molar-refractivity contribution is 5.57. The largest absolute Gasteiger partial charge is 0.401 e. The molecule has 0 bridgehead atoms. The Kier molecular flexibility index (Phi) is 4.27. The summed E-state index contributed by atoms with van der Waals surface area (Å²) in [4.78, 5) is 4.48. The molecule has 4 nitrogen and oxygen atoms in total. The molecule has 1 saturated heterocycles. The Morgan fingerprint density at radius 2 is 2.00 bits per heavy atom. The molecule has 1 heterocycles. The van der Waals surface area contributed by atoms with E-state index in [9.17, 15) is 4.39 Å². The van der Waals surface area contributed by atoms with E-state index in [0.29, 0.717) is 11.4 Å². The van der Waals surface area contributed by atoms with Gasteiger partial charge in [-0.2, -0.15) is 0 Å². The average molecular weight is 264 g/mol. The molecule has 0 saturated carbocycles. The van der Waals surface area contributed by atoms with Gasteiger partial charge in [-0.25, -0.2) is 4.39 Å². The van der Waals surface area contributed by atoms with E-state index in [2.05, 4.69) is 22.2 Å². The van der Waals surface area contributed by atoms with Gasteiger partial charge in [0.25, 0.3) is 0 Å². The summed E-state index contributed by atoms with van der Waals surface area (Å²) in [5.41, 5.74) is 7.51. The van der Waals surface area contributed by atoms with Gasteiger partial charge in [0.15, 0.2) is 0 Å². The van der Waals surface area contributed by atoms with E-state index < -0.39 is 0 Å². The lowest BCUT2D eigenvalue weighted by Gasteiger charge is -2.34. The lowest BCUT2D eigenvalue weighted by atomic mass is 10.2. The maximum absolute atomic E-state index is 14.0. The number of nitrogens with one attached hydrogen (secondary N) is 1. The minimum atomic E-state index is -0.256. The summed E-state index contributed by atoms with van der Waals surface area (Å²) in [6.07, 6.45) is 1.59. The van der Waals surface area contributed by atoms with Crippen LogP contribution in [-0.4, -0.2) is 38.1 Å². The minimum Gasteiger partial charge on any atom is -0.401 e. The van der Waals surface area contributed by atoms with E-state index in [4.69, 9.17) is 5.73 Å². The number of nitrogens with two attached hydrogens (primary N) is 1. The van der Waals surface area contributed by atoms with Crippen molar-refractivity contribution in [2.24, 2.45) is 5.73 Å². The van der Waals surface area contributed by atoms with Crippen LogP contribution in [0, 0.1) is 5.82 Å². The standard InChI is InChI=1S/C14H21FN4/c1-11(16)10-17-14-4-3-12(9-13(14)15)19-7-5-18(2)6-8-19/h3-4,9-10,17H,5-8,16H2,1-2H3/b11-10-. The van der Waals surface area contributed by atoms with Crippen molar-refractivity contribution in [3.05, 3.63) is 35.9 Å². The van der Waals surface area contributed by atoms with Crippen LogP contribution >= 0.6 is 0 Å². The second kappa shape index (κ2) is 5.93. The van der Waals surface area contributed by atoms with Crippen molar-refractivity contribution in [3.63, 3.8) is 0 Å². The zero-order valence-corrected chi connectivity index (χ0v) is 11.5. The van der Waals surface area contributed by atoms with E-state index in [1.54, 1.807) is 25.3 Å². The van der Waals surface area contributed by atoms with Crippen LogP contribution in [0.3, 0.4) is 0 Å². The van der Waals surface area contributed by atoms with Gasteiger partial charge in [-0.1, -0.05) is 0 Å². The molecule has 19 heavy (non-hydrogen) atoms. The Morgan fingerprint density at radius 3 is 2.58 bits per heavy atom. The van der Waals surface area contributed by atoms with Crippen molar-refractivity contribution in [3.8, 4) is 0 Å². The lowest BCUT2D eigenvalue weighted by Crippen LogP contribution is -2.44. The molecule has 1 aromatic carbocycles. The van der Waals surface area contributed by atoms with E-state index >= 15 is 0 Å². The first-order chi connectivity index (χ1) is 9.06. The fraction of sp³-hybridized carbons (Fsp3) is 0.429. The van der Waals surface area contributed by atoms with Crippen LogP contribution in [-0.2, 0) is 0 Å². The van der Waals surface area contributed by atoms with Crippen LogP contribution in [0.1, 0.15) is 6.92 Å². The number of allylic oxidation sites excluding steroid dienone is 1. The summed E-state index contributed by atoms with van der Waals surface area (Å²) in [7, 11) is 2.10. The molecular weight excluding hydrogens is 243 g/mol. The van der Waals surface area contributed by atoms with Crippen molar-refractivity contribution in [2.75, 3.05) is 43.4 Å². The summed E-state index contributed by atoms with van der Waals surface area (Å²) in [6.45, 7) is 5.64. The Hall–Kier alpha value is -1.75. The van der Waals surface area contributed by atoms with Gasteiger partial charge in [-0.15, -0.1) is 0 Å². The molecule has 2 rings (SSSR count). The highest BCUT2D eigenvalue weighted by Gasteiger charge is 2.15. The van der Waals surface area contributed by atoms with E-state index in [1.165, 1.54) is 0 Å². The third kappa shape index (κ3) is 3.61. The molecule has 0 radical (unpaired) electrons. The third-order valence-electron chi connectivity index (χ3n) is 3.28. The maximum Gasteiger partial charge on any atom is 0.148 e. The molecule has 0 aliphatic carbocycles. The van der Waals surface area contributed by atoms with Crippen molar-refractivity contribution >= 4 is 11.4 Å². The van der Waals surface area contributed by atoms with Gasteiger partial charge < -0.3 is 20.9 Å². The average Bonchev–Trinajstić information content (AvgIpc) is 2.38. The fourth-order valence-electron chi connectivity index (χ4n) is 2.07. The molecule has 0 aromatic heterocycles. The van der Waals surface area contributed by atoms with Gasteiger partial charge in [0.05, 0.1) is 5.69 Å². The second-order valence-corrected chi connectivity index (χ2v) is 4.99. The smallest absolute Gasteiger partial charge is 0.148 e. The summed E-state index contributed by atoms with van der Waals surface area (Å²) >= 11 is 0. The molecule has 3 N–H and O–H groups in total. The molecule has 1 fully saturated rings. The molecule has 0 atom stereocenters. The normalized spacial score (nSPS) is 17.6. The van der Waals surface area contributed by atoms with E-state index in [0.717, 1.165) is 31.9 Å². The summed E-state index contributed by atoms with van der Waals surface area (Å²) < 4.78 is 14.0. The fourth-order valence-corrected chi connectivity index (χ4v) is 2.07. The predicted octanol–water partition coefficient (Wildman–Crippen LogP) is 1.81. The van der Waals surface area contributed by atoms with E-state index in [1.807, 2.05) is 6.07 Å². The van der Waals surface area contributed by atoms with Crippen LogP contribution in [0.25, 0.3) is 0 Å². The second-order valence-electron chi connectivity index (χ2n) is 4.99. The minimum absolute atomic E-state index is 0.256. The Labute approximate surface area is 113 Å². The molecule has 0 unspecified atom stereocenters. The van der Waals surface area contributed by atoms with Crippen molar-refractivity contribution < 1.29 is 4.39 Å². The quantitative estimate of drug-likeness (QED) is 0.874. The number of hydrogen-bond donors (Lipinski definition) is 2. The number of anilines is 2. The number of nitrogens with zero attached hydrogens (tertiary/aromatic N) is 2. The lowest BCUT2D eigenvalue weighted by molar-refractivity contribution is 0.313. The van der Waals surface area contributed by atoms with Crippen LogP contribution in [0.15, 0.2) is 30.1 Å². The number of benzene rings is 1. The van der Waals surface area contributed by atoms with Crippen LogP contribution < -0.4 is 16.0 Å². The summed E-state index contributed by atoms with van der Waals surface area (Å²) in [6, 6.07) is 5.27. The molecule has 0 spiro atoms. The number of halogens is 1. The molecule has 1 aromatic rings. The Bertz CT molecular complexity index is 461. The van der Waals surface area contributed by atoms with Crippen molar-refractivity contribution in [1.29, 1.82) is 0 Å². The van der Waals surface area contributed by atoms with Crippen LogP contribution in [0.5, 0.6) is 0 Å². The molecule has 1 aliphatic rings. The molecular formula is C14H21FN4.